The number of urea groups is 1. The maximum atomic E-state index is 12.6. The Morgan fingerprint density at radius 2 is 2.46 bits per heavy atom. The van der Waals surface area contributed by atoms with Crippen LogP contribution in [-0.2, 0) is 19.5 Å². The first kappa shape index (κ1) is 16.6. The molecule has 0 saturated carbocycles. The second-order valence-corrected chi connectivity index (χ2v) is 5.98. The first-order valence-electron chi connectivity index (χ1n) is 8.46. The Kier molecular flexibility index (Phi) is 5.20. The monoisotopic (exact) mass is 332 g/mol. The SMILES string of the molecule is CCN(Cc1ccco1)C(=O)N[C@H]1CCCc2c1cnn2CCO. The van der Waals surface area contributed by atoms with Crippen molar-refractivity contribution >= 4 is 6.03 Å². The number of carbonyl (C=O) groups excluding carboxylic acids is 1. The molecule has 0 saturated heterocycles. The molecule has 2 aromatic heterocycles. The van der Waals surface area contributed by atoms with E-state index in [1.165, 1.54) is 0 Å². The fourth-order valence-corrected chi connectivity index (χ4v) is 3.21. The van der Waals surface area contributed by atoms with Crippen LogP contribution in [0.3, 0.4) is 0 Å². The molecule has 3 rings (SSSR count). The maximum Gasteiger partial charge on any atom is 0.318 e. The molecule has 2 aromatic rings. The third-order valence-electron chi connectivity index (χ3n) is 4.47. The summed E-state index contributed by atoms with van der Waals surface area (Å²) in [7, 11) is 0. The standard InChI is InChI=1S/C17H24N4O3/c1-2-20(12-13-5-4-10-24-13)17(23)19-15-6-3-7-16-14(15)11-18-21(16)8-9-22/h4-5,10-11,15,22H,2-3,6-9,12H2,1H3,(H,19,23)/t15-/m0/s1. The molecule has 7 heteroatoms. The Morgan fingerprint density at radius 3 is 3.17 bits per heavy atom. The average molecular weight is 332 g/mol. The van der Waals surface area contributed by atoms with E-state index in [1.54, 1.807) is 11.2 Å². The third kappa shape index (κ3) is 3.46. The number of rotatable bonds is 6. The van der Waals surface area contributed by atoms with E-state index in [1.807, 2.05) is 29.9 Å². The Hall–Kier alpha value is -2.28. The van der Waals surface area contributed by atoms with Gasteiger partial charge < -0.3 is 19.7 Å². The number of amides is 2. The summed E-state index contributed by atoms with van der Waals surface area (Å²) in [6.45, 7) is 3.58. The molecule has 2 amide bonds. The summed E-state index contributed by atoms with van der Waals surface area (Å²) in [5.74, 6) is 0.770. The van der Waals surface area contributed by atoms with Gasteiger partial charge in [0.2, 0.25) is 0 Å². The van der Waals surface area contributed by atoms with E-state index < -0.39 is 0 Å². The first-order valence-corrected chi connectivity index (χ1v) is 8.46. The van der Waals surface area contributed by atoms with Crippen molar-refractivity contribution in [1.29, 1.82) is 0 Å². The first-order chi connectivity index (χ1) is 11.7. The van der Waals surface area contributed by atoms with E-state index in [-0.39, 0.29) is 18.7 Å². The number of hydrogen-bond acceptors (Lipinski definition) is 4. The second-order valence-electron chi connectivity index (χ2n) is 5.98. The van der Waals surface area contributed by atoms with Gasteiger partial charge in [0.15, 0.2) is 0 Å². The van der Waals surface area contributed by atoms with Crippen molar-refractivity contribution in [3.8, 4) is 0 Å². The quantitative estimate of drug-likeness (QED) is 0.848. The predicted molar refractivity (Wildman–Crippen MR) is 88.3 cm³/mol. The number of aliphatic hydroxyl groups excluding tert-OH is 1. The number of furan rings is 1. The summed E-state index contributed by atoms with van der Waals surface area (Å²) in [6.07, 6.45) is 6.27. The van der Waals surface area contributed by atoms with Crippen LogP contribution in [0.2, 0.25) is 0 Å². The van der Waals surface area contributed by atoms with E-state index in [4.69, 9.17) is 9.52 Å². The van der Waals surface area contributed by atoms with Gasteiger partial charge in [0, 0.05) is 17.8 Å². The molecule has 0 aromatic carbocycles. The normalized spacial score (nSPS) is 16.7. The molecule has 1 atom stereocenters. The van der Waals surface area contributed by atoms with E-state index in [0.717, 1.165) is 36.3 Å². The molecular weight excluding hydrogens is 308 g/mol. The lowest BCUT2D eigenvalue weighted by molar-refractivity contribution is 0.188. The molecule has 0 bridgehead atoms. The van der Waals surface area contributed by atoms with Crippen molar-refractivity contribution in [1.82, 2.24) is 20.0 Å². The van der Waals surface area contributed by atoms with E-state index in [2.05, 4.69) is 10.4 Å². The topological polar surface area (TPSA) is 83.5 Å². The molecular formula is C17H24N4O3. The summed E-state index contributed by atoms with van der Waals surface area (Å²) >= 11 is 0. The molecule has 2 N–H and O–H groups in total. The van der Waals surface area contributed by atoms with Crippen LogP contribution in [0.15, 0.2) is 29.0 Å². The lowest BCUT2D eigenvalue weighted by atomic mass is 9.93. The van der Waals surface area contributed by atoms with Crippen LogP contribution in [0.5, 0.6) is 0 Å². The van der Waals surface area contributed by atoms with Crippen molar-refractivity contribution in [2.45, 2.75) is 45.3 Å². The van der Waals surface area contributed by atoms with E-state index >= 15 is 0 Å². The molecule has 0 radical (unpaired) electrons. The van der Waals surface area contributed by atoms with E-state index in [0.29, 0.717) is 19.6 Å². The summed E-state index contributed by atoms with van der Waals surface area (Å²) in [4.78, 5) is 14.3. The van der Waals surface area contributed by atoms with Crippen LogP contribution < -0.4 is 5.32 Å². The van der Waals surface area contributed by atoms with Crippen LogP contribution in [-0.4, -0.2) is 39.0 Å². The Balaban J connectivity index is 1.68. The van der Waals surface area contributed by atoms with Gasteiger partial charge in [0.1, 0.15) is 5.76 Å². The zero-order chi connectivity index (χ0) is 16.9. The van der Waals surface area contributed by atoms with Gasteiger partial charge in [0.05, 0.1) is 38.2 Å². The highest BCUT2D eigenvalue weighted by Crippen LogP contribution is 2.29. The van der Waals surface area contributed by atoms with Gasteiger partial charge in [-0.1, -0.05) is 0 Å². The number of hydrogen-bond donors (Lipinski definition) is 2. The zero-order valence-electron chi connectivity index (χ0n) is 13.9. The molecule has 0 spiro atoms. The number of carbonyl (C=O) groups is 1. The molecule has 0 fully saturated rings. The Labute approximate surface area is 141 Å². The maximum absolute atomic E-state index is 12.6. The van der Waals surface area contributed by atoms with Gasteiger partial charge in [-0.25, -0.2) is 4.79 Å². The fourth-order valence-electron chi connectivity index (χ4n) is 3.21. The van der Waals surface area contributed by atoms with Crippen LogP contribution in [0.25, 0.3) is 0 Å². The van der Waals surface area contributed by atoms with Crippen molar-refractivity contribution < 1.29 is 14.3 Å². The molecule has 130 valence electrons. The van der Waals surface area contributed by atoms with Gasteiger partial charge in [-0.15, -0.1) is 0 Å². The number of aliphatic hydroxyl groups is 1. The number of nitrogens with zero attached hydrogens (tertiary/aromatic N) is 3. The third-order valence-corrected chi connectivity index (χ3v) is 4.47. The van der Waals surface area contributed by atoms with Crippen molar-refractivity contribution in [2.75, 3.05) is 13.2 Å². The number of nitrogens with one attached hydrogen (secondary N) is 1. The summed E-state index contributed by atoms with van der Waals surface area (Å²) < 4.78 is 7.18. The summed E-state index contributed by atoms with van der Waals surface area (Å²) in [5, 5.41) is 16.6. The second kappa shape index (κ2) is 7.53. The predicted octanol–water partition coefficient (Wildman–Crippen LogP) is 2.08. The Morgan fingerprint density at radius 1 is 1.58 bits per heavy atom. The summed E-state index contributed by atoms with van der Waals surface area (Å²) in [5.41, 5.74) is 2.19. The van der Waals surface area contributed by atoms with Crippen molar-refractivity contribution in [3.05, 3.63) is 41.6 Å². The van der Waals surface area contributed by atoms with E-state index in [9.17, 15) is 4.79 Å². The lowest BCUT2D eigenvalue weighted by Crippen LogP contribution is -2.41. The number of aromatic nitrogens is 2. The van der Waals surface area contributed by atoms with Crippen molar-refractivity contribution in [3.63, 3.8) is 0 Å². The fraction of sp³-hybridized carbons (Fsp3) is 0.529. The largest absolute Gasteiger partial charge is 0.467 e. The molecule has 1 aliphatic carbocycles. The molecule has 1 aliphatic rings. The molecule has 0 unspecified atom stereocenters. The molecule has 24 heavy (non-hydrogen) atoms. The number of fused-ring (bicyclic) bond motifs is 1. The van der Waals surface area contributed by atoms with Gasteiger partial charge in [0.25, 0.3) is 0 Å². The minimum absolute atomic E-state index is 0.0284. The Bertz CT molecular complexity index is 665. The van der Waals surface area contributed by atoms with Crippen molar-refractivity contribution in [2.24, 2.45) is 0 Å². The highest BCUT2D eigenvalue weighted by Gasteiger charge is 2.27. The average Bonchev–Trinajstić information content (AvgIpc) is 3.23. The van der Waals surface area contributed by atoms with Crippen LogP contribution in [0.4, 0.5) is 4.79 Å². The molecule has 0 aliphatic heterocycles. The van der Waals surface area contributed by atoms with Crippen LogP contribution >= 0.6 is 0 Å². The highest BCUT2D eigenvalue weighted by atomic mass is 16.3. The summed E-state index contributed by atoms with van der Waals surface area (Å²) in [6, 6.07) is 3.57. The van der Waals surface area contributed by atoms with Crippen LogP contribution in [0, 0.1) is 0 Å². The highest BCUT2D eigenvalue weighted by molar-refractivity contribution is 5.74. The minimum Gasteiger partial charge on any atom is -0.467 e. The molecule has 2 heterocycles. The van der Waals surface area contributed by atoms with Gasteiger partial charge >= 0.3 is 6.03 Å². The lowest BCUT2D eigenvalue weighted by Gasteiger charge is -2.28. The minimum atomic E-state index is -0.0957. The van der Waals surface area contributed by atoms with Gasteiger partial charge in [-0.2, -0.15) is 5.10 Å². The van der Waals surface area contributed by atoms with Gasteiger partial charge in [-0.3, -0.25) is 4.68 Å². The van der Waals surface area contributed by atoms with Crippen LogP contribution in [0.1, 0.15) is 42.8 Å². The molecule has 7 nitrogen and oxygen atoms in total. The zero-order valence-corrected chi connectivity index (χ0v) is 13.9. The smallest absolute Gasteiger partial charge is 0.318 e. The van der Waals surface area contributed by atoms with Gasteiger partial charge in [-0.05, 0) is 38.3 Å².